The fourth-order valence-electron chi connectivity index (χ4n) is 6.01. The molecule has 1 saturated heterocycles. The number of fused-ring (bicyclic) bond motifs is 3. The summed E-state index contributed by atoms with van der Waals surface area (Å²) >= 11 is 6.65. The van der Waals surface area contributed by atoms with Gasteiger partial charge < -0.3 is 26.2 Å². The first-order chi connectivity index (χ1) is 16.4. The van der Waals surface area contributed by atoms with Crippen LogP contribution in [0.15, 0.2) is 28.7 Å². The van der Waals surface area contributed by atoms with Gasteiger partial charge in [0.15, 0.2) is 11.4 Å². The number of aromatic hydroxyl groups is 1. The predicted octanol–water partition coefficient (Wildman–Crippen LogP) is 1.78. The van der Waals surface area contributed by atoms with E-state index in [9.17, 15) is 39.2 Å². The van der Waals surface area contributed by atoms with Gasteiger partial charge in [0.2, 0.25) is 5.78 Å². The monoisotopic (exact) mass is 506 g/mol. The molecule has 0 unspecified atom stereocenters. The van der Waals surface area contributed by atoms with Gasteiger partial charge >= 0.3 is 0 Å². The van der Waals surface area contributed by atoms with E-state index in [1.807, 2.05) is 4.90 Å². The van der Waals surface area contributed by atoms with Crippen LogP contribution in [-0.2, 0) is 22.6 Å². The second-order valence-corrected chi connectivity index (χ2v) is 10.1. The molecule has 1 aromatic carbocycles. The molecule has 0 spiro atoms. The molecule has 1 aliphatic heterocycles. The highest BCUT2D eigenvalue weighted by Crippen LogP contribution is 2.52. The number of Topliss-reactive ketones (excluding diaryl/α,β-unsaturated/α-hetero) is 2. The summed E-state index contributed by atoms with van der Waals surface area (Å²) in [5.74, 6) is -6.85. The van der Waals surface area contributed by atoms with Gasteiger partial charge in [-0.05, 0) is 42.4 Å². The van der Waals surface area contributed by atoms with Gasteiger partial charge in [-0.25, -0.2) is 4.39 Å². The quantitative estimate of drug-likeness (QED) is 0.387. The van der Waals surface area contributed by atoms with Gasteiger partial charge in [0, 0.05) is 42.6 Å². The number of hydrogen-bond donors (Lipinski definition) is 5. The molecular formula is C24H24ClFN2O7. The van der Waals surface area contributed by atoms with Crippen LogP contribution in [0.4, 0.5) is 4.39 Å². The minimum absolute atomic E-state index is 0.0277. The van der Waals surface area contributed by atoms with Crippen LogP contribution in [-0.4, -0.2) is 67.7 Å². The summed E-state index contributed by atoms with van der Waals surface area (Å²) in [4.78, 5) is 40.0. The van der Waals surface area contributed by atoms with Gasteiger partial charge in [0.05, 0.1) is 5.56 Å². The Morgan fingerprint density at radius 2 is 1.97 bits per heavy atom. The molecule has 1 heterocycles. The molecule has 6 N–H and O–H groups in total. The number of likely N-dealkylation sites (tertiary alicyclic amines) is 1. The lowest BCUT2D eigenvalue weighted by Crippen LogP contribution is -2.57. The molecule has 0 saturated carbocycles. The van der Waals surface area contributed by atoms with Crippen LogP contribution in [0.1, 0.15) is 40.7 Å². The van der Waals surface area contributed by atoms with Crippen molar-refractivity contribution in [2.45, 2.75) is 44.0 Å². The largest absolute Gasteiger partial charge is 0.511 e. The molecule has 0 bridgehead atoms. The number of nitrogens with two attached hydrogens (primary N) is 1. The third-order valence-corrected chi connectivity index (χ3v) is 8.15. The van der Waals surface area contributed by atoms with E-state index in [1.54, 1.807) is 0 Å². The first-order valence-corrected chi connectivity index (χ1v) is 11.7. The van der Waals surface area contributed by atoms with Gasteiger partial charge in [-0.2, -0.15) is 0 Å². The molecule has 35 heavy (non-hydrogen) atoms. The second kappa shape index (κ2) is 8.04. The van der Waals surface area contributed by atoms with E-state index in [2.05, 4.69) is 0 Å². The number of alkyl halides is 1. The van der Waals surface area contributed by atoms with Crippen molar-refractivity contribution >= 4 is 29.1 Å². The zero-order valence-corrected chi connectivity index (χ0v) is 19.3. The SMILES string of the molecule is NC(=O)C1=C(O)C[C@@H]2C[C@@H]3Cc4c(Cl)c(CN5CC[C@@H](F)C5)cc(O)c4C(=O)C3=C(O)[C@]2(O)C1=O. The molecule has 11 heteroatoms. The van der Waals surface area contributed by atoms with Crippen LogP contribution < -0.4 is 5.73 Å². The smallest absolute Gasteiger partial charge is 0.255 e. The van der Waals surface area contributed by atoms with Crippen molar-refractivity contribution in [1.82, 2.24) is 4.90 Å². The van der Waals surface area contributed by atoms with Crippen LogP contribution in [0.25, 0.3) is 0 Å². The Morgan fingerprint density at radius 3 is 2.60 bits per heavy atom. The fourth-order valence-corrected chi connectivity index (χ4v) is 6.29. The molecule has 4 atom stereocenters. The summed E-state index contributed by atoms with van der Waals surface area (Å²) in [5.41, 5.74) is 2.29. The van der Waals surface area contributed by atoms with Gasteiger partial charge in [-0.1, -0.05) is 11.6 Å². The number of ketones is 2. The normalized spacial score (nSPS) is 30.9. The number of allylic oxidation sites excluding steroid dienone is 2. The Labute approximate surface area is 204 Å². The van der Waals surface area contributed by atoms with Crippen LogP contribution in [0.5, 0.6) is 5.75 Å². The first-order valence-electron chi connectivity index (χ1n) is 11.3. The number of aliphatic hydroxyl groups excluding tert-OH is 2. The number of carbonyl (C=O) groups excluding carboxylic acids is 3. The zero-order valence-electron chi connectivity index (χ0n) is 18.6. The molecular weight excluding hydrogens is 483 g/mol. The Bertz CT molecular complexity index is 1260. The van der Waals surface area contributed by atoms with E-state index in [0.717, 1.165) is 0 Å². The average molecular weight is 507 g/mol. The molecule has 1 aromatic rings. The van der Waals surface area contributed by atoms with Gasteiger partial charge in [-0.3, -0.25) is 19.3 Å². The minimum Gasteiger partial charge on any atom is -0.511 e. The molecule has 4 aliphatic rings. The highest BCUT2D eigenvalue weighted by Gasteiger charge is 2.59. The fraction of sp³-hybridized carbons (Fsp3) is 0.458. The third kappa shape index (κ3) is 3.38. The molecule has 186 valence electrons. The lowest BCUT2D eigenvalue weighted by molar-refractivity contribution is -0.144. The van der Waals surface area contributed by atoms with E-state index in [4.69, 9.17) is 17.3 Å². The average Bonchev–Trinajstić information content (AvgIpc) is 3.18. The Balaban J connectivity index is 1.58. The van der Waals surface area contributed by atoms with Crippen molar-refractivity contribution in [3.63, 3.8) is 0 Å². The number of halogens is 2. The number of carbonyl (C=O) groups is 3. The summed E-state index contributed by atoms with van der Waals surface area (Å²) in [5, 5.41) is 43.5. The number of phenolic OH excluding ortho intramolecular Hbond substituents is 1. The molecule has 1 fully saturated rings. The molecule has 9 nitrogen and oxygen atoms in total. The number of aliphatic hydroxyl groups is 3. The van der Waals surface area contributed by atoms with Gasteiger partial charge in [0.25, 0.3) is 5.91 Å². The highest BCUT2D eigenvalue weighted by molar-refractivity contribution is 6.33. The number of rotatable bonds is 3. The maximum Gasteiger partial charge on any atom is 0.255 e. The molecule has 5 rings (SSSR count). The molecule has 0 radical (unpaired) electrons. The predicted molar refractivity (Wildman–Crippen MR) is 121 cm³/mol. The summed E-state index contributed by atoms with van der Waals surface area (Å²) in [6, 6.07) is 1.33. The zero-order chi connectivity index (χ0) is 25.4. The van der Waals surface area contributed by atoms with Crippen molar-refractivity contribution in [3.05, 3.63) is 50.4 Å². The molecule has 0 aromatic heterocycles. The highest BCUT2D eigenvalue weighted by atomic mass is 35.5. The molecule has 3 aliphatic carbocycles. The maximum atomic E-state index is 13.6. The lowest BCUT2D eigenvalue weighted by Gasteiger charge is -2.45. The summed E-state index contributed by atoms with van der Waals surface area (Å²) in [7, 11) is 0. The number of phenols is 1. The summed E-state index contributed by atoms with van der Waals surface area (Å²) in [6.07, 6.45) is -0.671. The van der Waals surface area contributed by atoms with E-state index >= 15 is 0 Å². The Morgan fingerprint density at radius 1 is 1.26 bits per heavy atom. The topological polar surface area (TPSA) is 161 Å². The summed E-state index contributed by atoms with van der Waals surface area (Å²) in [6.45, 7) is 1.07. The lowest BCUT2D eigenvalue weighted by atomic mass is 9.60. The number of primary amides is 1. The van der Waals surface area contributed by atoms with Crippen molar-refractivity contribution < 1.29 is 39.2 Å². The Kier molecular flexibility index (Phi) is 5.46. The standard InChI is InChI=1S/C24H24ClFN2O7/c25-19-10(7-28-2-1-12(26)8-28)5-14(29)17-13(19)4-9-3-11-6-15(30)18(23(27)34)22(33)24(11,35)21(32)16(9)20(17)31/h5,9,11-12,29-30,32,35H,1-4,6-8H2,(H2,27,34)/t9-,11+,12-,24+/m1/s1. The summed E-state index contributed by atoms with van der Waals surface area (Å²) < 4.78 is 13.6. The van der Waals surface area contributed by atoms with E-state index in [-0.39, 0.29) is 47.7 Å². The second-order valence-electron chi connectivity index (χ2n) is 9.75. The van der Waals surface area contributed by atoms with Crippen molar-refractivity contribution in [2.75, 3.05) is 13.1 Å². The van der Waals surface area contributed by atoms with Crippen LogP contribution in [0.3, 0.4) is 0 Å². The third-order valence-electron chi connectivity index (χ3n) is 7.68. The Hall–Kier alpha value is -2.95. The van der Waals surface area contributed by atoms with Gasteiger partial charge in [-0.15, -0.1) is 0 Å². The van der Waals surface area contributed by atoms with Crippen LogP contribution >= 0.6 is 11.6 Å². The van der Waals surface area contributed by atoms with Gasteiger partial charge in [0.1, 0.15) is 29.0 Å². The number of amides is 1. The number of hydrogen-bond acceptors (Lipinski definition) is 8. The molecule has 1 amide bonds. The van der Waals surface area contributed by atoms with Crippen molar-refractivity contribution in [3.8, 4) is 5.75 Å². The minimum atomic E-state index is -2.60. The number of benzene rings is 1. The first kappa shape index (κ1) is 23.8. The van der Waals surface area contributed by atoms with Crippen LogP contribution in [0, 0.1) is 11.8 Å². The van der Waals surface area contributed by atoms with Crippen molar-refractivity contribution in [2.24, 2.45) is 17.6 Å². The van der Waals surface area contributed by atoms with Crippen molar-refractivity contribution in [1.29, 1.82) is 0 Å². The van der Waals surface area contributed by atoms with Crippen LogP contribution in [0.2, 0.25) is 5.02 Å². The van der Waals surface area contributed by atoms with E-state index in [0.29, 0.717) is 30.6 Å². The number of nitrogens with zero attached hydrogens (tertiary/aromatic N) is 1. The maximum absolute atomic E-state index is 13.6. The van der Waals surface area contributed by atoms with E-state index < -0.39 is 58.2 Å². The van der Waals surface area contributed by atoms with E-state index in [1.165, 1.54) is 6.07 Å².